The van der Waals surface area contributed by atoms with Crippen molar-refractivity contribution in [1.82, 2.24) is 9.88 Å². The van der Waals surface area contributed by atoms with Crippen molar-refractivity contribution >= 4 is 39.4 Å². The number of carbonyl (C=O) groups is 1. The molecule has 6 heteroatoms. The van der Waals surface area contributed by atoms with Crippen molar-refractivity contribution in [2.75, 3.05) is 36.8 Å². The van der Waals surface area contributed by atoms with E-state index in [0.717, 1.165) is 65.5 Å². The number of nitrogen functional groups attached to an aromatic ring is 1. The number of benzene rings is 2. The molecule has 3 N–H and O–H groups in total. The number of nitrogens with two attached hydrogens (primary N) is 1. The van der Waals surface area contributed by atoms with Crippen molar-refractivity contribution in [2.45, 2.75) is 38.1 Å². The minimum absolute atomic E-state index is 0.105. The first-order valence-electron chi connectivity index (χ1n) is 12.6. The Morgan fingerprint density at radius 1 is 1.03 bits per heavy atom. The molecule has 178 valence electrons. The molecule has 3 aliphatic rings. The Hall–Kier alpha value is -3.09. The van der Waals surface area contributed by atoms with E-state index >= 15 is 0 Å². The average molecular weight is 483 g/mol. The van der Waals surface area contributed by atoms with Crippen LogP contribution in [0.4, 0.5) is 11.4 Å². The Bertz CT molecular complexity index is 1470. The number of carbonyl (C=O) groups excluding carboxylic acids is 1. The van der Waals surface area contributed by atoms with Crippen molar-refractivity contribution in [3.63, 3.8) is 0 Å². The normalized spacial score (nSPS) is 19.7. The molecule has 35 heavy (non-hydrogen) atoms. The molecule has 5 nitrogen and oxygen atoms in total. The lowest BCUT2D eigenvalue weighted by Crippen LogP contribution is -2.47. The van der Waals surface area contributed by atoms with Crippen LogP contribution in [0.1, 0.15) is 53.9 Å². The third kappa shape index (κ3) is 3.20. The zero-order valence-electron chi connectivity index (χ0n) is 20.2. The van der Waals surface area contributed by atoms with Crippen LogP contribution in [0.15, 0.2) is 47.8 Å². The molecular formula is C29H30N4OS. The number of thiophene rings is 1. The van der Waals surface area contributed by atoms with Crippen molar-refractivity contribution in [3.05, 3.63) is 70.2 Å². The predicted molar refractivity (Wildman–Crippen MR) is 145 cm³/mol. The van der Waals surface area contributed by atoms with Gasteiger partial charge in [-0.3, -0.25) is 9.69 Å². The molecule has 0 unspecified atom stereocenters. The molecular weight excluding hydrogens is 452 g/mol. The number of fused-ring (bicyclic) bond motifs is 4. The van der Waals surface area contributed by atoms with Gasteiger partial charge in [0.2, 0.25) is 0 Å². The fourth-order valence-corrected chi connectivity index (χ4v) is 6.89. The number of rotatable bonds is 3. The summed E-state index contributed by atoms with van der Waals surface area (Å²) in [5.74, 6) is 0.105. The monoisotopic (exact) mass is 482 g/mol. The molecule has 0 radical (unpaired) electrons. The summed E-state index contributed by atoms with van der Waals surface area (Å²) in [4.78, 5) is 24.0. The number of nitrogens with one attached hydrogen (secondary N) is 1. The zero-order valence-corrected chi connectivity index (χ0v) is 21.0. The van der Waals surface area contributed by atoms with Crippen LogP contribution in [0.5, 0.6) is 0 Å². The second-order valence-corrected chi connectivity index (χ2v) is 11.7. The molecule has 0 spiro atoms. The summed E-state index contributed by atoms with van der Waals surface area (Å²) < 4.78 is 0. The van der Waals surface area contributed by atoms with Crippen LogP contribution in [-0.2, 0) is 5.41 Å². The zero-order chi connectivity index (χ0) is 23.9. The summed E-state index contributed by atoms with van der Waals surface area (Å²) in [5.41, 5.74) is 13.5. The van der Waals surface area contributed by atoms with Gasteiger partial charge in [-0.05, 0) is 54.1 Å². The fourth-order valence-electron chi connectivity index (χ4n) is 6.14. The number of anilines is 2. The maximum absolute atomic E-state index is 14.0. The van der Waals surface area contributed by atoms with Gasteiger partial charge >= 0.3 is 0 Å². The van der Waals surface area contributed by atoms with E-state index in [1.807, 2.05) is 18.2 Å². The van der Waals surface area contributed by atoms with Crippen LogP contribution >= 0.6 is 11.3 Å². The van der Waals surface area contributed by atoms with Crippen LogP contribution in [-0.4, -0.2) is 47.9 Å². The van der Waals surface area contributed by atoms with Crippen LogP contribution in [0.25, 0.3) is 21.3 Å². The number of piperazine rings is 1. The lowest BCUT2D eigenvalue weighted by Gasteiger charge is -2.39. The maximum Gasteiger partial charge on any atom is 0.195 e. The molecule has 3 heterocycles. The van der Waals surface area contributed by atoms with Crippen molar-refractivity contribution in [1.29, 1.82) is 0 Å². The van der Waals surface area contributed by atoms with E-state index in [1.54, 1.807) is 11.3 Å². The van der Waals surface area contributed by atoms with Gasteiger partial charge in [0.25, 0.3) is 0 Å². The van der Waals surface area contributed by atoms with Gasteiger partial charge in [0.15, 0.2) is 5.78 Å². The molecule has 0 atom stereocenters. The largest absolute Gasteiger partial charge is 0.399 e. The Morgan fingerprint density at radius 3 is 2.54 bits per heavy atom. The summed E-state index contributed by atoms with van der Waals surface area (Å²) in [7, 11) is 0. The van der Waals surface area contributed by atoms with E-state index in [-0.39, 0.29) is 11.2 Å². The Kier molecular flexibility index (Phi) is 4.52. The van der Waals surface area contributed by atoms with E-state index in [4.69, 9.17) is 5.73 Å². The quantitative estimate of drug-likeness (QED) is 0.371. The lowest BCUT2D eigenvalue weighted by atomic mass is 9.70. The van der Waals surface area contributed by atoms with Crippen LogP contribution in [0, 0.1) is 0 Å². The first-order valence-corrected chi connectivity index (χ1v) is 13.5. The average Bonchev–Trinajstić information content (AvgIpc) is 3.41. The van der Waals surface area contributed by atoms with Gasteiger partial charge in [0, 0.05) is 81.6 Å². The number of H-pyrrole nitrogens is 1. The first-order chi connectivity index (χ1) is 16.9. The van der Waals surface area contributed by atoms with Crippen molar-refractivity contribution < 1.29 is 4.79 Å². The maximum atomic E-state index is 14.0. The minimum Gasteiger partial charge on any atom is -0.399 e. The van der Waals surface area contributed by atoms with E-state index in [0.29, 0.717) is 5.69 Å². The number of hydrogen-bond donors (Lipinski definition) is 2. The molecule has 2 aromatic heterocycles. The molecule has 2 fully saturated rings. The molecule has 1 aliphatic heterocycles. The third-order valence-corrected chi connectivity index (χ3v) is 9.14. The molecule has 0 amide bonds. The lowest BCUT2D eigenvalue weighted by molar-refractivity contribution is 0.103. The second-order valence-electron chi connectivity index (χ2n) is 10.8. The van der Waals surface area contributed by atoms with Crippen molar-refractivity contribution in [2.24, 2.45) is 0 Å². The number of nitrogens with zero attached hydrogens (tertiary/aromatic N) is 2. The number of aromatic nitrogens is 1. The van der Waals surface area contributed by atoms with Gasteiger partial charge in [-0.2, -0.15) is 0 Å². The van der Waals surface area contributed by atoms with Gasteiger partial charge in [-0.25, -0.2) is 0 Å². The van der Waals surface area contributed by atoms with Crippen LogP contribution in [0.2, 0.25) is 0 Å². The van der Waals surface area contributed by atoms with E-state index in [1.165, 1.54) is 29.0 Å². The molecule has 0 bridgehead atoms. The molecule has 2 aliphatic carbocycles. The number of ketones is 1. The Morgan fingerprint density at radius 2 is 1.83 bits per heavy atom. The molecule has 1 saturated heterocycles. The van der Waals surface area contributed by atoms with E-state index in [9.17, 15) is 4.79 Å². The molecule has 1 saturated carbocycles. The van der Waals surface area contributed by atoms with E-state index < -0.39 is 0 Å². The minimum atomic E-state index is -0.328. The van der Waals surface area contributed by atoms with Gasteiger partial charge in [0.1, 0.15) is 0 Å². The fraction of sp³-hybridized carbons (Fsp3) is 0.345. The second kappa shape index (κ2) is 7.45. The molecule has 4 aromatic rings. The SMILES string of the molecule is CC1(C)c2cc(N3CCN(C4CC4)CC3)c(-c3cccs3)cc2C(=O)c2c1[nH]c1cc(N)ccc21. The molecule has 7 rings (SSSR count). The summed E-state index contributed by atoms with van der Waals surface area (Å²) in [6, 6.07) is 15.4. The summed E-state index contributed by atoms with van der Waals surface area (Å²) in [6.07, 6.45) is 2.71. The highest BCUT2D eigenvalue weighted by Crippen LogP contribution is 2.48. The number of hydrogen-bond acceptors (Lipinski definition) is 5. The van der Waals surface area contributed by atoms with Gasteiger partial charge in [0.05, 0.1) is 5.56 Å². The van der Waals surface area contributed by atoms with Gasteiger partial charge in [-0.1, -0.05) is 26.0 Å². The van der Waals surface area contributed by atoms with Crippen LogP contribution in [0.3, 0.4) is 0 Å². The summed E-state index contributed by atoms with van der Waals surface area (Å²) >= 11 is 1.74. The third-order valence-electron chi connectivity index (χ3n) is 8.23. The first kappa shape index (κ1) is 21.2. The summed E-state index contributed by atoms with van der Waals surface area (Å²) in [5, 5.41) is 3.08. The molecule has 2 aromatic carbocycles. The van der Waals surface area contributed by atoms with Gasteiger partial charge < -0.3 is 15.6 Å². The smallest absolute Gasteiger partial charge is 0.195 e. The van der Waals surface area contributed by atoms with Gasteiger partial charge in [-0.15, -0.1) is 11.3 Å². The highest BCUT2D eigenvalue weighted by molar-refractivity contribution is 7.13. The Balaban J connectivity index is 1.39. The standard InChI is InChI=1S/C29H30N4OS/c1-29(2)22-16-24(33-11-9-32(10-12-33)18-6-7-18)21(25-4-3-13-35-25)15-20(22)27(34)26-19-8-5-17(30)14-23(19)31-28(26)29/h3-5,8,13-16,18,31H,6-7,9-12,30H2,1-2H3. The highest BCUT2D eigenvalue weighted by Gasteiger charge is 2.41. The predicted octanol–water partition coefficient (Wildman–Crippen LogP) is 5.63. The van der Waals surface area contributed by atoms with E-state index in [2.05, 4.69) is 58.3 Å². The highest BCUT2D eigenvalue weighted by atomic mass is 32.1. The topological polar surface area (TPSA) is 65.4 Å². The number of aromatic amines is 1. The van der Waals surface area contributed by atoms with Crippen molar-refractivity contribution in [3.8, 4) is 10.4 Å². The van der Waals surface area contributed by atoms with Crippen LogP contribution < -0.4 is 10.6 Å². The summed E-state index contributed by atoms with van der Waals surface area (Å²) in [6.45, 7) is 8.74. The Labute approximate surface area is 209 Å².